The highest BCUT2D eigenvalue weighted by molar-refractivity contribution is 7.92. The maximum Gasteiger partial charge on any atom is 0.284 e. The fourth-order valence-electron chi connectivity index (χ4n) is 3.51. The zero-order chi connectivity index (χ0) is 22.0. The van der Waals surface area contributed by atoms with Crippen molar-refractivity contribution in [2.75, 3.05) is 18.1 Å². The molecule has 4 rings (SSSR count). The summed E-state index contributed by atoms with van der Waals surface area (Å²) in [7, 11) is -1.88. The number of hydrogen-bond donors (Lipinski definition) is 1. The fraction of sp³-hybridized carbons (Fsp3) is 0.182. The zero-order valence-electron chi connectivity index (χ0n) is 17.0. The topological polar surface area (TPSA) is 88.1 Å². The number of amides is 1. The van der Waals surface area contributed by atoms with Gasteiger partial charge in [-0.3, -0.25) is 9.52 Å². The maximum atomic E-state index is 13.2. The van der Waals surface area contributed by atoms with Crippen LogP contribution in [0, 0.1) is 0 Å². The van der Waals surface area contributed by atoms with Crippen LogP contribution in [0.4, 0.5) is 5.69 Å². The second-order valence-electron chi connectivity index (χ2n) is 7.09. The van der Waals surface area contributed by atoms with Crippen molar-refractivity contribution in [3.63, 3.8) is 0 Å². The van der Waals surface area contributed by atoms with Gasteiger partial charge in [0.1, 0.15) is 5.75 Å². The molecule has 0 bridgehead atoms. The number of thiophene rings is 1. The van der Waals surface area contributed by atoms with E-state index in [0.717, 1.165) is 11.8 Å². The number of anilines is 1. The van der Waals surface area contributed by atoms with Crippen molar-refractivity contribution in [1.82, 2.24) is 5.01 Å². The Morgan fingerprint density at radius 3 is 2.68 bits per heavy atom. The van der Waals surface area contributed by atoms with Gasteiger partial charge in [-0.2, -0.15) is 5.10 Å². The highest BCUT2D eigenvalue weighted by Crippen LogP contribution is 2.37. The molecule has 1 aliphatic rings. The highest BCUT2D eigenvalue weighted by atomic mass is 32.2. The third kappa shape index (κ3) is 4.62. The van der Waals surface area contributed by atoms with Crippen LogP contribution in [0.25, 0.3) is 0 Å². The van der Waals surface area contributed by atoms with Gasteiger partial charge in [-0.05, 0) is 35.2 Å². The molecule has 0 fully saturated rings. The van der Waals surface area contributed by atoms with E-state index in [4.69, 9.17) is 4.74 Å². The molecular weight excluding hydrogens is 434 g/mol. The van der Waals surface area contributed by atoms with E-state index in [1.54, 1.807) is 31.4 Å². The number of sulfonamides is 1. The van der Waals surface area contributed by atoms with Crippen LogP contribution >= 0.6 is 11.3 Å². The van der Waals surface area contributed by atoms with Crippen molar-refractivity contribution in [2.45, 2.75) is 12.5 Å². The number of nitrogens with zero attached hydrogens (tertiary/aromatic N) is 2. The van der Waals surface area contributed by atoms with E-state index in [2.05, 4.69) is 9.82 Å². The van der Waals surface area contributed by atoms with E-state index >= 15 is 0 Å². The molecule has 0 unspecified atom stereocenters. The summed E-state index contributed by atoms with van der Waals surface area (Å²) in [6.45, 7) is 0. The van der Waals surface area contributed by atoms with E-state index < -0.39 is 10.0 Å². The lowest BCUT2D eigenvalue weighted by Gasteiger charge is -2.22. The van der Waals surface area contributed by atoms with E-state index in [-0.39, 0.29) is 11.9 Å². The lowest BCUT2D eigenvalue weighted by Crippen LogP contribution is -2.26. The first-order valence-corrected chi connectivity index (χ1v) is 12.3. The molecule has 0 saturated heterocycles. The third-order valence-electron chi connectivity index (χ3n) is 4.86. The average molecular weight is 456 g/mol. The maximum absolute atomic E-state index is 13.2. The molecular formula is C22H21N3O4S2. The molecule has 0 spiro atoms. The SMILES string of the molecule is COc1cccc([C@H]2CC(c3ccccc3NS(C)(=O)=O)=NN2C(=O)c2cccs2)c1. The van der Waals surface area contributed by atoms with E-state index in [0.29, 0.717) is 34.0 Å². The Labute approximate surface area is 185 Å². The van der Waals surface area contributed by atoms with Crippen LogP contribution in [-0.4, -0.2) is 38.4 Å². The first-order valence-electron chi connectivity index (χ1n) is 9.51. The van der Waals surface area contributed by atoms with E-state index in [1.807, 2.05) is 41.8 Å². The van der Waals surface area contributed by atoms with Gasteiger partial charge in [0.05, 0.1) is 35.7 Å². The Kier molecular flexibility index (Phi) is 5.79. The molecule has 3 aromatic rings. The number of para-hydroxylation sites is 1. The quantitative estimate of drug-likeness (QED) is 0.606. The molecule has 31 heavy (non-hydrogen) atoms. The minimum atomic E-state index is -3.47. The zero-order valence-corrected chi connectivity index (χ0v) is 18.6. The van der Waals surface area contributed by atoms with Gasteiger partial charge in [-0.25, -0.2) is 13.4 Å². The smallest absolute Gasteiger partial charge is 0.284 e. The fourth-order valence-corrected chi connectivity index (χ4v) is 4.74. The second kappa shape index (κ2) is 8.52. The highest BCUT2D eigenvalue weighted by Gasteiger charge is 2.35. The number of carbonyl (C=O) groups excluding carboxylic acids is 1. The van der Waals surface area contributed by atoms with Crippen LogP contribution in [0.5, 0.6) is 5.75 Å². The van der Waals surface area contributed by atoms with Gasteiger partial charge in [-0.1, -0.05) is 36.4 Å². The predicted octanol–water partition coefficient (Wildman–Crippen LogP) is 4.12. The Balaban J connectivity index is 1.77. The molecule has 1 N–H and O–H groups in total. The van der Waals surface area contributed by atoms with Crippen molar-refractivity contribution in [1.29, 1.82) is 0 Å². The summed E-state index contributed by atoms with van der Waals surface area (Å²) in [5.74, 6) is 0.486. The molecule has 1 atom stereocenters. The Morgan fingerprint density at radius 1 is 1.16 bits per heavy atom. The molecule has 7 nitrogen and oxygen atoms in total. The van der Waals surface area contributed by atoms with Crippen LogP contribution in [0.15, 0.2) is 71.1 Å². The normalized spacial score (nSPS) is 16.1. The summed E-state index contributed by atoms with van der Waals surface area (Å²) < 4.78 is 31.5. The number of methoxy groups -OCH3 is 1. The van der Waals surface area contributed by atoms with Gasteiger partial charge in [-0.15, -0.1) is 11.3 Å². The number of rotatable bonds is 6. The molecule has 2 aromatic carbocycles. The molecule has 1 amide bonds. The van der Waals surface area contributed by atoms with Crippen molar-refractivity contribution >= 4 is 38.7 Å². The molecule has 9 heteroatoms. The minimum Gasteiger partial charge on any atom is -0.497 e. The van der Waals surface area contributed by atoms with Crippen LogP contribution in [0.1, 0.15) is 33.3 Å². The molecule has 1 aliphatic heterocycles. The standard InChI is InChI=1S/C22H21N3O4S2/c1-29-16-8-5-7-15(13-16)20-14-19(23-25(20)22(26)21-11-6-12-30-21)17-9-3-4-10-18(17)24-31(2,27)28/h3-13,20,24H,14H2,1-2H3/t20-/m1/s1. The van der Waals surface area contributed by atoms with Crippen LogP contribution in [0.2, 0.25) is 0 Å². The molecule has 0 aliphatic carbocycles. The number of hydrazone groups is 1. The van der Waals surface area contributed by atoms with Gasteiger partial charge in [0.2, 0.25) is 10.0 Å². The summed E-state index contributed by atoms with van der Waals surface area (Å²) in [5, 5.41) is 7.98. The summed E-state index contributed by atoms with van der Waals surface area (Å²) in [5.41, 5.74) is 2.59. The third-order valence-corrected chi connectivity index (χ3v) is 6.31. The van der Waals surface area contributed by atoms with Crippen LogP contribution in [-0.2, 0) is 10.0 Å². The summed E-state index contributed by atoms with van der Waals surface area (Å²) in [6, 6.07) is 17.8. The second-order valence-corrected chi connectivity index (χ2v) is 9.79. The molecule has 0 radical (unpaired) electrons. The first-order chi connectivity index (χ1) is 14.9. The molecule has 0 saturated carbocycles. The largest absolute Gasteiger partial charge is 0.497 e. The van der Waals surface area contributed by atoms with Gasteiger partial charge in [0.15, 0.2) is 0 Å². The Bertz CT molecular complexity index is 1240. The minimum absolute atomic E-state index is 0.202. The summed E-state index contributed by atoms with van der Waals surface area (Å²) in [4.78, 5) is 13.8. The number of carbonyl (C=O) groups is 1. The van der Waals surface area contributed by atoms with Crippen LogP contribution < -0.4 is 9.46 Å². The molecule has 2 heterocycles. The van der Waals surface area contributed by atoms with E-state index in [9.17, 15) is 13.2 Å². The lowest BCUT2D eigenvalue weighted by molar-refractivity contribution is 0.0716. The summed E-state index contributed by atoms with van der Waals surface area (Å²) in [6.07, 6.45) is 1.54. The van der Waals surface area contributed by atoms with Crippen molar-refractivity contribution < 1.29 is 17.9 Å². The van der Waals surface area contributed by atoms with Crippen LogP contribution in [0.3, 0.4) is 0 Å². The Morgan fingerprint density at radius 2 is 1.97 bits per heavy atom. The average Bonchev–Trinajstić information content (AvgIpc) is 3.43. The monoisotopic (exact) mass is 455 g/mol. The van der Waals surface area contributed by atoms with Crippen molar-refractivity contribution in [3.8, 4) is 5.75 Å². The summed E-state index contributed by atoms with van der Waals surface area (Å²) >= 11 is 1.35. The Hall–Kier alpha value is -3.17. The van der Waals surface area contributed by atoms with Crippen molar-refractivity contribution in [2.24, 2.45) is 5.10 Å². The number of hydrogen-bond acceptors (Lipinski definition) is 6. The number of benzene rings is 2. The first kappa shape index (κ1) is 21.1. The number of ether oxygens (including phenoxy) is 1. The van der Waals surface area contributed by atoms with E-state index in [1.165, 1.54) is 16.3 Å². The van der Waals surface area contributed by atoms with Gasteiger partial charge < -0.3 is 4.74 Å². The van der Waals surface area contributed by atoms with Crippen molar-refractivity contribution in [3.05, 3.63) is 82.0 Å². The molecule has 160 valence electrons. The molecule has 1 aromatic heterocycles. The van der Waals surface area contributed by atoms with Gasteiger partial charge >= 0.3 is 0 Å². The van der Waals surface area contributed by atoms with Gasteiger partial charge in [0.25, 0.3) is 5.91 Å². The predicted molar refractivity (Wildman–Crippen MR) is 122 cm³/mol. The number of nitrogens with one attached hydrogen (secondary N) is 1. The lowest BCUT2D eigenvalue weighted by atomic mass is 9.97. The van der Waals surface area contributed by atoms with Gasteiger partial charge in [0, 0.05) is 12.0 Å².